The summed E-state index contributed by atoms with van der Waals surface area (Å²) in [7, 11) is 3.36. The van der Waals surface area contributed by atoms with Gasteiger partial charge >= 0.3 is 0 Å². The van der Waals surface area contributed by atoms with E-state index in [2.05, 4.69) is 6.92 Å². The minimum absolute atomic E-state index is 0.449. The number of methoxy groups -OCH3 is 2. The molecule has 1 N–H and O–H groups in total. The van der Waals surface area contributed by atoms with E-state index >= 15 is 0 Å². The van der Waals surface area contributed by atoms with Gasteiger partial charge in [0.1, 0.15) is 11.9 Å². The van der Waals surface area contributed by atoms with Crippen LogP contribution in [0.15, 0.2) is 12.1 Å². The molecule has 1 fully saturated rings. The fourth-order valence-electron chi connectivity index (χ4n) is 3.14. The van der Waals surface area contributed by atoms with E-state index < -0.39 is 11.7 Å². The maximum absolute atomic E-state index is 10.8. The van der Waals surface area contributed by atoms with E-state index in [0.29, 0.717) is 0 Å². The highest BCUT2D eigenvalue weighted by atomic mass is 16.5. The zero-order valence-corrected chi connectivity index (χ0v) is 12.3. The van der Waals surface area contributed by atoms with E-state index in [4.69, 9.17) is 9.47 Å². The lowest BCUT2D eigenvalue weighted by Gasteiger charge is -2.34. The molecule has 0 aromatic heterocycles. The van der Waals surface area contributed by atoms with Gasteiger partial charge in [-0.1, -0.05) is 25.0 Å². The minimum atomic E-state index is -0.630. The van der Waals surface area contributed by atoms with Crippen molar-refractivity contribution in [1.29, 1.82) is 0 Å². The molecule has 0 saturated heterocycles. The van der Waals surface area contributed by atoms with Crippen LogP contribution in [0.5, 0.6) is 5.75 Å². The number of hydrogen-bond donors (Lipinski definition) is 1. The molecule has 1 aliphatic carbocycles. The molecule has 0 amide bonds. The van der Waals surface area contributed by atoms with Crippen molar-refractivity contribution < 1.29 is 14.6 Å². The average molecular weight is 264 g/mol. The van der Waals surface area contributed by atoms with E-state index in [0.717, 1.165) is 42.6 Å². The van der Waals surface area contributed by atoms with Crippen molar-refractivity contribution in [2.75, 3.05) is 14.2 Å². The van der Waals surface area contributed by atoms with Crippen molar-refractivity contribution in [3.8, 4) is 5.75 Å². The molecule has 2 rings (SSSR count). The fraction of sp³-hybridized carbons (Fsp3) is 0.625. The first-order valence-electron chi connectivity index (χ1n) is 6.93. The Morgan fingerprint density at radius 2 is 1.79 bits per heavy atom. The largest absolute Gasteiger partial charge is 0.496 e. The number of aryl methyl sites for hydroxylation is 1. The smallest absolute Gasteiger partial charge is 0.127 e. The lowest BCUT2D eigenvalue weighted by atomic mass is 9.87. The Kier molecular flexibility index (Phi) is 4.16. The number of ether oxygens (including phenoxy) is 2. The van der Waals surface area contributed by atoms with E-state index in [1.165, 1.54) is 5.56 Å². The SMILES string of the molecule is COc1c(C(O)C2(OC)CCCC2)ccc(C)c1C. The summed E-state index contributed by atoms with van der Waals surface area (Å²) in [6.07, 6.45) is 3.40. The minimum Gasteiger partial charge on any atom is -0.496 e. The molecule has 0 aliphatic heterocycles. The molecular formula is C16H24O3. The molecule has 3 heteroatoms. The third kappa shape index (κ3) is 2.37. The summed E-state index contributed by atoms with van der Waals surface area (Å²) in [5.41, 5.74) is 2.65. The van der Waals surface area contributed by atoms with Crippen LogP contribution in [0.1, 0.15) is 48.5 Å². The molecule has 19 heavy (non-hydrogen) atoms. The number of rotatable bonds is 4. The summed E-state index contributed by atoms with van der Waals surface area (Å²) < 4.78 is 11.2. The molecule has 0 spiro atoms. The predicted octanol–water partition coefficient (Wildman–Crippen LogP) is 3.30. The van der Waals surface area contributed by atoms with Gasteiger partial charge in [-0.25, -0.2) is 0 Å². The van der Waals surface area contributed by atoms with Gasteiger partial charge in [-0.3, -0.25) is 0 Å². The summed E-state index contributed by atoms with van der Waals surface area (Å²) in [5.74, 6) is 0.788. The van der Waals surface area contributed by atoms with Crippen LogP contribution in [-0.2, 0) is 4.74 Å². The second kappa shape index (κ2) is 5.51. The molecule has 0 bridgehead atoms. The maximum Gasteiger partial charge on any atom is 0.127 e. The lowest BCUT2D eigenvalue weighted by molar-refractivity contribution is -0.101. The molecule has 1 aliphatic rings. The second-order valence-electron chi connectivity index (χ2n) is 5.51. The molecule has 1 unspecified atom stereocenters. The van der Waals surface area contributed by atoms with Crippen LogP contribution in [0.4, 0.5) is 0 Å². The zero-order chi connectivity index (χ0) is 14.0. The number of aliphatic hydroxyl groups is 1. The Hall–Kier alpha value is -1.06. The zero-order valence-electron chi connectivity index (χ0n) is 12.3. The van der Waals surface area contributed by atoms with Crippen molar-refractivity contribution in [3.05, 3.63) is 28.8 Å². The average Bonchev–Trinajstić information content (AvgIpc) is 2.91. The number of hydrogen-bond acceptors (Lipinski definition) is 3. The maximum atomic E-state index is 10.8. The molecule has 0 radical (unpaired) electrons. The highest BCUT2D eigenvalue weighted by molar-refractivity contribution is 5.47. The molecule has 106 valence electrons. The molecule has 1 saturated carbocycles. The van der Waals surface area contributed by atoms with Gasteiger partial charge in [0.2, 0.25) is 0 Å². The van der Waals surface area contributed by atoms with Crippen molar-refractivity contribution in [2.45, 2.75) is 51.2 Å². The van der Waals surface area contributed by atoms with Crippen LogP contribution in [-0.4, -0.2) is 24.9 Å². The van der Waals surface area contributed by atoms with Gasteiger partial charge in [0, 0.05) is 12.7 Å². The van der Waals surface area contributed by atoms with Crippen molar-refractivity contribution in [3.63, 3.8) is 0 Å². The first-order valence-corrected chi connectivity index (χ1v) is 6.93. The van der Waals surface area contributed by atoms with Crippen molar-refractivity contribution in [1.82, 2.24) is 0 Å². The molecular weight excluding hydrogens is 240 g/mol. The molecule has 3 nitrogen and oxygen atoms in total. The van der Waals surface area contributed by atoms with Gasteiger partial charge in [0.15, 0.2) is 0 Å². The Morgan fingerprint density at radius 1 is 1.16 bits per heavy atom. The number of benzene rings is 1. The standard InChI is InChI=1S/C16H24O3/c1-11-7-8-13(14(18-3)12(11)2)15(17)16(19-4)9-5-6-10-16/h7-8,15,17H,5-6,9-10H2,1-4H3. The third-order valence-corrected chi connectivity index (χ3v) is 4.56. The summed E-state index contributed by atoms with van der Waals surface area (Å²) in [4.78, 5) is 0. The Balaban J connectivity index is 2.43. The summed E-state index contributed by atoms with van der Waals surface area (Å²) in [6.45, 7) is 4.08. The van der Waals surface area contributed by atoms with Crippen LogP contribution < -0.4 is 4.74 Å². The van der Waals surface area contributed by atoms with Gasteiger partial charge in [-0.2, -0.15) is 0 Å². The highest BCUT2D eigenvalue weighted by Gasteiger charge is 2.42. The Bertz CT molecular complexity index is 448. The van der Waals surface area contributed by atoms with E-state index in [1.54, 1.807) is 14.2 Å². The Morgan fingerprint density at radius 3 is 2.32 bits per heavy atom. The number of aliphatic hydroxyl groups excluding tert-OH is 1. The highest BCUT2D eigenvalue weighted by Crippen LogP contribution is 2.45. The predicted molar refractivity (Wildman–Crippen MR) is 75.6 cm³/mol. The molecule has 1 atom stereocenters. The van der Waals surface area contributed by atoms with Crippen molar-refractivity contribution in [2.24, 2.45) is 0 Å². The monoisotopic (exact) mass is 264 g/mol. The van der Waals surface area contributed by atoms with Gasteiger partial charge in [0.25, 0.3) is 0 Å². The first kappa shape index (κ1) is 14.4. The second-order valence-corrected chi connectivity index (χ2v) is 5.51. The van der Waals surface area contributed by atoms with Crippen LogP contribution in [0.25, 0.3) is 0 Å². The fourth-order valence-corrected chi connectivity index (χ4v) is 3.14. The summed E-state index contributed by atoms with van der Waals surface area (Å²) in [5, 5.41) is 10.8. The Labute approximate surface area is 115 Å². The van der Waals surface area contributed by atoms with Crippen molar-refractivity contribution >= 4 is 0 Å². The topological polar surface area (TPSA) is 38.7 Å². The van der Waals surface area contributed by atoms with Gasteiger partial charge in [-0.05, 0) is 37.8 Å². The molecule has 1 aromatic rings. The normalized spacial score (nSPS) is 19.4. The lowest BCUT2D eigenvalue weighted by Crippen LogP contribution is -2.35. The molecule has 0 heterocycles. The van der Waals surface area contributed by atoms with E-state index in [1.807, 2.05) is 19.1 Å². The summed E-state index contributed by atoms with van der Waals surface area (Å²) in [6, 6.07) is 4.00. The van der Waals surface area contributed by atoms with Gasteiger partial charge in [0.05, 0.1) is 12.7 Å². The van der Waals surface area contributed by atoms with Gasteiger partial charge in [-0.15, -0.1) is 0 Å². The van der Waals surface area contributed by atoms with Crippen LogP contribution in [0.3, 0.4) is 0 Å². The first-order chi connectivity index (χ1) is 9.05. The quantitative estimate of drug-likeness (QED) is 0.906. The van der Waals surface area contributed by atoms with Crippen LogP contribution in [0, 0.1) is 13.8 Å². The third-order valence-electron chi connectivity index (χ3n) is 4.56. The molecule has 1 aromatic carbocycles. The van der Waals surface area contributed by atoms with Crippen LogP contribution >= 0.6 is 0 Å². The van der Waals surface area contributed by atoms with E-state index in [-0.39, 0.29) is 0 Å². The van der Waals surface area contributed by atoms with Gasteiger partial charge < -0.3 is 14.6 Å². The van der Waals surface area contributed by atoms with E-state index in [9.17, 15) is 5.11 Å². The van der Waals surface area contributed by atoms with Crippen LogP contribution in [0.2, 0.25) is 0 Å². The summed E-state index contributed by atoms with van der Waals surface area (Å²) >= 11 is 0.